The van der Waals surface area contributed by atoms with Crippen LogP contribution in [-0.4, -0.2) is 24.3 Å². The Kier molecular flexibility index (Phi) is 2.70. The average Bonchev–Trinajstić information content (AvgIpc) is 2.66. The Morgan fingerprint density at radius 1 is 1.31 bits per heavy atom. The van der Waals surface area contributed by atoms with Gasteiger partial charge in [-0.25, -0.2) is 0 Å². The summed E-state index contributed by atoms with van der Waals surface area (Å²) in [5.41, 5.74) is 7.01. The lowest BCUT2D eigenvalue weighted by atomic mass is 10.2. The molecular formula is C10H11ClN4O. The number of nitrogens with two attached hydrogens (primary N) is 1. The number of nitrogen functional groups attached to an aromatic ring is 1. The first-order valence-electron chi connectivity index (χ1n) is 4.64. The van der Waals surface area contributed by atoms with Gasteiger partial charge in [0.15, 0.2) is 0 Å². The predicted molar refractivity (Wildman–Crippen MR) is 63.5 cm³/mol. The summed E-state index contributed by atoms with van der Waals surface area (Å²) in [6, 6.07) is 5.57. The summed E-state index contributed by atoms with van der Waals surface area (Å²) in [7, 11) is 3.64. The minimum absolute atomic E-state index is 0.387. The highest BCUT2D eigenvalue weighted by Gasteiger charge is 2.12. The highest BCUT2D eigenvalue weighted by Crippen LogP contribution is 2.28. The van der Waals surface area contributed by atoms with E-state index in [4.69, 9.17) is 21.8 Å². The van der Waals surface area contributed by atoms with Gasteiger partial charge in [-0.05, 0) is 18.2 Å². The number of nitrogens with zero attached hydrogens (tertiary/aromatic N) is 3. The van der Waals surface area contributed by atoms with Gasteiger partial charge >= 0.3 is 6.01 Å². The molecule has 0 aliphatic carbocycles. The van der Waals surface area contributed by atoms with Crippen molar-refractivity contribution in [1.29, 1.82) is 0 Å². The Balaban J connectivity index is 2.42. The number of anilines is 2. The van der Waals surface area contributed by atoms with Crippen molar-refractivity contribution in [2.45, 2.75) is 0 Å². The van der Waals surface area contributed by atoms with Crippen molar-refractivity contribution >= 4 is 23.3 Å². The first-order valence-corrected chi connectivity index (χ1v) is 5.02. The number of benzene rings is 1. The molecule has 0 unspecified atom stereocenters. The zero-order valence-corrected chi connectivity index (χ0v) is 9.69. The molecule has 5 nitrogen and oxygen atoms in total. The smallest absolute Gasteiger partial charge is 0.317 e. The molecular weight excluding hydrogens is 228 g/mol. The quantitative estimate of drug-likeness (QED) is 0.811. The fourth-order valence-corrected chi connectivity index (χ4v) is 1.41. The zero-order chi connectivity index (χ0) is 11.7. The molecule has 0 bridgehead atoms. The molecule has 0 spiro atoms. The molecule has 16 heavy (non-hydrogen) atoms. The molecule has 1 aromatic heterocycles. The normalized spacial score (nSPS) is 10.4. The molecule has 0 atom stereocenters. The third-order valence-corrected chi connectivity index (χ3v) is 2.28. The molecule has 84 valence electrons. The summed E-state index contributed by atoms with van der Waals surface area (Å²) in [5, 5.41) is 8.37. The van der Waals surface area contributed by atoms with Gasteiger partial charge in [-0.15, -0.1) is 5.10 Å². The third kappa shape index (κ3) is 1.94. The molecule has 1 aromatic carbocycles. The first-order chi connectivity index (χ1) is 7.58. The second-order valence-corrected chi connectivity index (χ2v) is 3.95. The van der Waals surface area contributed by atoms with Crippen LogP contribution in [0.1, 0.15) is 0 Å². The van der Waals surface area contributed by atoms with Gasteiger partial charge in [-0.1, -0.05) is 16.7 Å². The van der Waals surface area contributed by atoms with E-state index in [1.54, 1.807) is 23.1 Å². The Morgan fingerprint density at radius 3 is 2.62 bits per heavy atom. The summed E-state index contributed by atoms with van der Waals surface area (Å²) in [5.74, 6) is 0.387. The van der Waals surface area contributed by atoms with E-state index in [-0.39, 0.29) is 0 Å². The Labute approximate surface area is 97.8 Å². The van der Waals surface area contributed by atoms with Crippen LogP contribution in [0.2, 0.25) is 5.02 Å². The largest absolute Gasteiger partial charge is 0.403 e. The Morgan fingerprint density at radius 2 is 2.06 bits per heavy atom. The van der Waals surface area contributed by atoms with Crippen molar-refractivity contribution in [2.75, 3.05) is 24.7 Å². The van der Waals surface area contributed by atoms with Crippen LogP contribution in [0.5, 0.6) is 0 Å². The summed E-state index contributed by atoms with van der Waals surface area (Å²) in [6.45, 7) is 0. The maximum atomic E-state index is 5.81. The van der Waals surface area contributed by atoms with Crippen LogP contribution in [0.3, 0.4) is 0 Å². The van der Waals surface area contributed by atoms with Crippen LogP contribution >= 0.6 is 11.6 Å². The van der Waals surface area contributed by atoms with Gasteiger partial charge in [0, 0.05) is 24.8 Å². The fourth-order valence-electron chi connectivity index (χ4n) is 1.23. The molecule has 0 aliphatic rings. The van der Waals surface area contributed by atoms with Gasteiger partial charge in [0.25, 0.3) is 5.89 Å². The lowest BCUT2D eigenvalue weighted by Gasteiger charge is -2.04. The molecule has 0 fully saturated rings. The lowest BCUT2D eigenvalue weighted by molar-refractivity contribution is 0.566. The van der Waals surface area contributed by atoms with E-state index < -0.39 is 0 Å². The summed E-state index contributed by atoms with van der Waals surface area (Å²) >= 11 is 5.81. The van der Waals surface area contributed by atoms with Crippen molar-refractivity contribution < 1.29 is 4.42 Å². The lowest BCUT2D eigenvalue weighted by Crippen LogP contribution is -2.08. The number of rotatable bonds is 2. The summed E-state index contributed by atoms with van der Waals surface area (Å²) in [4.78, 5) is 1.72. The van der Waals surface area contributed by atoms with E-state index in [9.17, 15) is 0 Å². The van der Waals surface area contributed by atoms with Gasteiger partial charge in [0.05, 0.1) is 5.56 Å². The summed E-state index contributed by atoms with van der Waals surface area (Å²) in [6.07, 6.45) is 0. The molecule has 0 saturated carbocycles. The Hall–Kier alpha value is -1.75. The number of halogens is 1. The van der Waals surface area contributed by atoms with E-state index in [1.165, 1.54) is 0 Å². The van der Waals surface area contributed by atoms with Crippen molar-refractivity contribution in [3.63, 3.8) is 0 Å². The van der Waals surface area contributed by atoms with Crippen molar-refractivity contribution in [3.8, 4) is 11.5 Å². The van der Waals surface area contributed by atoms with Gasteiger partial charge < -0.3 is 15.1 Å². The van der Waals surface area contributed by atoms with Crippen LogP contribution in [0.25, 0.3) is 11.5 Å². The van der Waals surface area contributed by atoms with Crippen LogP contribution in [-0.2, 0) is 0 Å². The predicted octanol–water partition coefficient (Wildman–Crippen LogP) is 2.04. The minimum atomic E-state index is 0.387. The number of hydrogen-bond acceptors (Lipinski definition) is 5. The molecule has 2 aromatic rings. The van der Waals surface area contributed by atoms with Crippen molar-refractivity contribution in [2.24, 2.45) is 0 Å². The molecule has 2 N–H and O–H groups in total. The van der Waals surface area contributed by atoms with E-state index in [2.05, 4.69) is 10.2 Å². The third-order valence-electron chi connectivity index (χ3n) is 2.04. The maximum Gasteiger partial charge on any atom is 0.317 e. The molecule has 0 radical (unpaired) electrons. The van der Waals surface area contributed by atoms with Gasteiger partial charge in [0.1, 0.15) is 0 Å². The maximum absolute atomic E-state index is 5.81. The average molecular weight is 239 g/mol. The van der Waals surface area contributed by atoms with Crippen LogP contribution in [0, 0.1) is 0 Å². The van der Waals surface area contributed by atoms with Crippen molar-refractivity contribution in [1.82, 2.24) is 10.2 Å². The minimum Gasteiger partial charge on any atom is -0.403 e. The van der Waals surface area contributed by atoms with E-state index in [0.29, 0.717) is 28.2 Å². The second kappa shape index (κ2) is 4.02. The van der Waals surface area contributed by atoms with Gasteiger partial charge in [-0.3, -0.25) is 0 Å². The van der Waals surface area contributed by atoms with Crippen LogP contribution in [0.4, 0.5) is 11.7 Å². The first kappa shape index (κ1) is 10.8. The SMILES string of the molecule is CN(C)c1nnc(-c2ccc(Cl)cc2N)o1. The molecule has 0 saturated heterocycles. The van der Waals surface area contributed by atoms with Crippen LogP contribution in [0.15, 0.2) is 22.6 Å². The highest BCUT2D eigenvalue weighted by atomic mass is 35.5. The van der Waals surface area contributed by atoms with E-state index >= 15 is 0 Å². The van der Waals surface area contributed by atoms with E-state index in [1.807, 2.05) is 14.1 Å². The molecule has 6 heteroatoms. The molecule has 0 amide bonds. The van der Waals surface area contributed by atoms with Gasteiger partial charge in [0.2, 0.25) is 0 Å². The Bertz CT molecular complexity index is 509. The standard InChI is InChI=1S/C10H11ClN4O/c1-15(2)10-14-13-9(16-10)7-4-3-6(11)5-8(7)12/h3-5H,12H2,1-2H3. The zero-order valence-electron chi connectivity index (χ0n) is 8.94. The topological polar surface area (TPSA) is 68.2 Å². The van der Waals surface area contributed by atoms with Gasteiger partial charge in [-0.2, -0.15) is 0 Å². The highest BCUT2D eigenvalue weighted by molar-refractivity contribution is 6.31. The van der Waals surface area contributed by atoms with Crippen LogP contribution < -0.4 is 10.6 Å². The van der Waals surface area contributed by atoms with E-state index in [0.717, 1.165) is 0 Å². The second-order valence-electron chi connectivity index (χ2n) is 3.52. The monoisotopic (exact) mass is 238 g/mol. The number of aromatic nitrogens is 2. The molecule has 1 heterocycles. The van der Waals surface area contributed by atoms with Crippen molar-refractivity contribution in [3.05, 3.63) is 23.2 Å². The summed E-state index contributed by atoms with van der Waals surface area (Å²) < 4.78 is 5.43. The molecule has 0 aliphatic heterocycles. The molecule has 2 rings (SSSR count). The fraction of sp³-hybridized carbons (Fsp3) is 0.200. The number of hydrogen-bond donors (Lipinski definition) is 1.